The number of nitrogens with zero attached hydrogens (tertiary/aromatic N) is 1. The summed E-state index contributed by atoms with van der Waals surface area (Å²) >= 11 is 18.6. The van der Waals surface area contributed by atoms with Gasteiger partial charge >= 0.3 is 0 Å². The van der Waals surface area contributed by atoms with Crippen molar-refractivity contribution in [3.05, 3.63) is 54.1 Å². The summed E-state index contributed by atoms with van der Waals surface area (Å²) in [5.41, 5.74) is 2.61. The Morgan fingerprint density at radius 2 is 1.56 bits per heavy atom. The van der Waals surface area contributed by atoms with Crippen molar-refractivity contribution in [1.82, 2.24) is 10.2 Å². The molecule has 1 amide bonds. The Morgan fingerprint density at radius 1 is 0.969 bits per heavy atom. The molecule has 0 bridgehead atoms. The normalized spacial score (nSPS) is 15.9. The summed E-state index contributed by atoms with van der Waals surface area (Å²) in [4.78, 5) is 14.9. The van der Waals surface area contributed by atoms with Crippen molar-refractivity contribution in [2.45, 2.75) is 55.4 Å². The number of hydrogen-bond donors (Lipinski definition) is 1. The summed E-state index contributed by atoms with van der Waals surface area (Å²) in [6.07, 6.45) is 5.99. The molecular weight excluding hydrogens is 467 g/mol. The Morgan fingerprint density at radius 3 is 2.12 bits per heavy atom. The van der Waals surface area contributed by atoms with Gasteiger partial charge in [-0.15, -0.1) is 0 Å². The van der Waals surface area contributed by atoms with Crippen LogP contribution in [0, 0.1) is 0 Å². The third-order valence-electron chi connectivity index (χ3n) is 5.69. The molecule has 1 fully saturated rings. The van der Waals surface area contributed by atoms with E-state index < -0.39 is 9.96 Å². The molecule has 1 N–H and O–H groups in total. The number of unbranched alkanes of at least 4 members (excludes halogenated alkanes) is 2. The predicted octanol–water partition coefficient (Wildman–Crippen LogP) is 6.83. The first-order valence-corrected chi connectivity index (χ1v) is 12.5. The SMILES string of the molecule is CCCCCOc1ccc(-c2ccc(C(=O)N[C@@H](N3CCCCC3)C(Cl)(Cl)Cl)cc2)cc1. The van der Waals surface area contributed by atoms with Gasteiger partial charge in [0.2, 0.25) is 3.79 Å². The summed E-state index contributed by atoms with van der Waals surface area (Å²) in [6.45, 7) is 4.52. The molecular formula is C25H31Cl3N2O2. The monoisotopic (exact) mass is 496 g/mol. The predicted molar refractivity (Wildman–Crippen MR) is 134 cm³/mol. The molecule has 0 radical (unpaired) electrons. The number of ether oxygens (including phenoxy) is 1. The van der Waals surface area contributed by atoms with Crippen molar-refractivity contribution in [3.63, 3.8) is 0 Å². The molecule has 0 unspecified atom stereocenters. The van der Waals surface area contributed by atoms with E-state index in [9.17, 15) is 4.79 Å². The molecule has 1 aliphatic heterocycles. The smallest absolute Gasteiger partial charge is 0.252 e. The Balaban J connectivity index is 1.62. The lowest BCUT2D eigenvalue weighted by atomic mass is 10.0. The van der Waals surface area contributed by atoms with Gasteiger partial charge in [0.1, 0.15) is 11.9 Å². The van der Waals surface area contributed by atoms with Crippen LogP contribution in [0.15, 0.2) is 48.5 Å². The van der Waals surface area contributed by atoms with Crippen LogP contribution in [0.3, 0.4) is 0 Å². The van der Waals surface area contributed by atoms with E-state index >= 15 is 0 Å². The quantitative estimate of drug-likeness (QED) is 0.305. The third-order valence-corrected chi connectivity index (χ3v) is 6.31. The fourth-order valence-electron chi connectivity index (χ4n) is 3.86. The second-order valence-corrected chi connectivity index (χ2v) is 10.5. The van der Waals surface area contributed by atoms with Gasteiger partial charge in [-0.25, -0.2) is 0 Å². The molecule has 32 heavy (non-hydrogen) atoms. The van der Waals surface area contributed by atoms with Gasteiger partial charge in [0.15, 0.2) is 0 Å². The van der Waals surface area contributed by atoms with E-state index in [4.69, 9.17) is 39.5 Å². The first-order valence-electron chi connectivity index (χ1n) is 11.3. The summed E-state index contributed by atoms with van der Waals surface area (Å²) in [6, 6.07) is 15.5. The Labute approximate surface area is 206 Å². The number of carbonyl (C=O) groups is 1. The molecule has 1 atom stereocenters. The maximum Gasteiger partial charge on any atom is 0.252 e. The van der Waals surface area contributed by atoms with Crippen LogP contribution >= 0.6 is 34.8 Å². The second kappa shape index (κ2) is 12.1. The minimum atomic E-state index is -1.60. The average molecular weight is 498 g/mol. The minimum absolute atomic E-state index is 0.255. The van der Waals surface area contributed by atoms with Gasteiger partial charge in [0.05, 0.1) is 6.61 Å². The van der Waals surface area contributed by atoms with Crippen molar-refractivity contribution in [2.24, 2.45) is 0 Å². The molecule has 7 heteroatoms. The zero-order valence-electron chi connectivity index (χ0n) is 18.5. The molecule has 2 aromatic rings. The Hall–Kier alpha value is -1.46. The minimum Gasteiger partial charge on any atom is -0.494 e. The van der Waals surface area contributed by atoms with Gasteiger partial charge < -0.3 is 10.1 Å². The van der Waals surface area contributed by atoms with E-state index in [2.05, 4.69) is 12.2 Å². The molecule has 0 aliphatic carbocycles. The zero-order chi connectivity index (χ0) is 23.0. The highest BCUT2D eigenvalue weighted by atomic mass is 35.6. The molecule has 1 aliphatic rings. The summed E-state index contributed by atoms with van der Waals surface area (Å²) in [5, 5.41) is 2.91. The van der Waals surface area contributed by atoms with Gasteiger partial charge in [-0.2, -0.15) is 0 Å². The summed E-state index contributed by atoms with van der Waals surface area (Å²) in [5.74, 6) is 0.616. The van der Waals surface area contributed by atoms with Crippen molar-refractivity contribution in [3.8, 4) is 16.9 Å². The van der Waals surface area contributed by atoms with Crippen LogP contribution < -0.4 is 10.1 Å². The van der Waals surface area contributed by atoms with Crippen LogP contribution in [0.5, 0.6) is 5.75 Å². The van der Waals surface area contributed by atoms with E-state index in [1.165, 1.54) is 12.8 Å². The number of piperidine rings is 1. The van der Waals surface area contributed by atoms with Gasteiger partial charge in [-0.05, 0) is 54.7 Å². The van der Waals surface area contributed by atoms with Crippen LogP contribution in [-0.2, 0) is 0 Å². The zero-order valence-corrected chi connectivity index (χ0v) is 20.7. The van der Waals surface area contributed by atoms with Crippen LogP contribution in [-0.4, -0.2) is 40.5 Å². The topological polar surface area (TPSA) is 41.6 Å². The van der Waals surface area contributed by atoms with E-state index in [0.717, 1.165) is 62.3 Å². The number of alkyl halides is 3. The van der Waals surface area contributed by atoms with Crippen molar-refractivity contribution in [1.29, 1.82) is 0 Å². The van der Waals surface area contributed by atoms with Gasteiger partial charge in [0.25, 0.3) is 5.91 Å². The fourth-order valence-corrected chi connectivity index (χ4v) is 4.44. The molecule has 0 spiro atoms. The molecule has 2 aromatic carbocycles. The van der Waals surface area contributed by atoms with Gasteiger partial charge in [-0.3, -0.25) is 9.69 Å². The lowest BCUT2D eigenvalue weighted by Gasteiger charge is -2.38. The van der Waals surface area contributed by atoms with E-state index in [1.54, 1.807) is 12.1 Å². The van der Waals surface area contributed by atoms with Gasteiger partial charge in [0, 0.05) is 18.7 Å². The number of likely N-dealkylation sites (tertiary alicyclic amines) is 1. The molecule has 1 heterocycles. The maximum atomic E-state index is 12.9. The highest BCUT2D eigenvalue weighted by Crippen LogP contribution is 2.33. The van der Waals surface area contributed by atoms with E-state index in [0.29, 0.717) is 5.56 Å². The number of rotatable bonds is 9. The van der Waals surface area contributed by atoms with Crippen LogP contribution in [0.1, 0.15) is 55.8 Å². The molecule has 3 rings (SSSR count). The number of hydrogen-bond acceptors (Lipinski definition) is 3. The lowest BCUT2D eigenvalue weighted by molar-refractivity contribution is 0.0819. The van der Waals surface area contributed by atoms with Crippen molar-refractivity contribution >= 4 is 40.7 Å². The van der Waals surface area contributed by atoms with E-state index in [1.807, 2.05) is 41.3 Å². The molecule has 4 nitrogen and oxygen atoms in total. The summed E-state index contributed by atoms with van der Waals surface area (Å²) in [7, 11) is 0. The number of carbonyl (C=O) groups excluding carboxylic acids is 1. The van der Waals surface area contributed by atoms with Crippen LogP contribution in [0.4, 0.5) is 0 Å². The molecule has 0 saturated carbocycles. The highest BCUT2D eigenvalue weighted by molar-refractivity contribution is 6.68. The Bertz CT molecular complexity index is 845. The third kappa shape index (κ3) is 7.28. The Kier molecular flexibility index (Phi) is 9.54. The first kappa shape index (κ1) is 25.2. The van der Waals surface area contributed by atoms with Crippen molar-refractivity contribution < 1.29 is 9.53 Å². The molecule has 0 aromatic heterocycles. The molecule has 174 valence electrons. The fraction of sp³-hybridized carbons (Fsp3) is 0.480. The summed E-state index contributed by atoms with van der Waals surface area (Å²) < 4.78 is 4.17. The number of nitrogens with one attached hydrogen (secondary N) is 1. The first-order chi connectivity index (χ1) is 15.4. The average Bonchev–Trinajstić information content (AvgIpc) is 2.80. The highest BCUT2D eigenvalue weighted by Gasteiger charge is 2.39. The number of benzene rings is 2. The van der Waals surface area contributed by atoms with Crippen LogP contribution in [0.2, 0.25) is 0 Å². The van der Waals surface area contributed by atoms with E-state index in [-0.39, 0.29) is 5.91 Å². The lowest BCUT2D eigenvalue weighted by Crippen LogP contribution is -2.56. The standard InChI is InChI=1S/C25H31Cl3N2O2/c1-2-3-7-18-32-22-14-12-20(13-15-22)19-8-10-21(11-9-19)23(31)29-24(25(26,27)28)30-16-5-4-6-17-30/h8-15,24H,2-7,16-18H2,1H3,(H,29,31)/t24-/m0/s1. The van der Waals surface area contributed by atoms with Crippen LogP contribution in [0.25, 0.3) is 11.1 Å². The largest absolute Gasteiger partial charge is 0.494 e. The van der Waals surface area contributed by atoms with Gasteiger partial charge in [-0.1, -0.05) is 85.3 Å². The molecule has 1 saturated heterocycles. The number of amides is 1. The second-order valence-electron chi connectivity index (χ2n) is 8.17. The maximum absolute atomic E-state index is 12.9. The number of halogens is 3. The van der Waals surface area contributed by atoms with Crippen molar-refractivity contribution in [2.75, 3.05) is 19.7 Å².